The van der Waals surface area contributed by atoms with E-state index >= 15 is 0 Å². The summed E-state index contributed by atoms with van der Waals surface area (Å²) >= 11 is 0. The van der Waals surface area contributed by atoms with E-state index in [1.807, 2.05) is 30.3 Å². The first-order valence-corrected chi connectivity index (χ1v) is 8.06. The van der Waals surface area contributed by atoms with Crippen LogP contribution in [0.1, 0.15) is 35.7 Å². The first kappa shape index (κ1) is 17.5. The predicted octanol–water partition coefficient (Wildman–Crippen LogP) is 3.33. The van der Waals surface area contributed by atoms with Crippen molar-refractivity contribution in [3.8, 4) is 5.75 Å². The van der Waals surface area contributed by atoms with E-state index in [0.717, 1.165) is 24.2 Å². The molecule has 126 valence electrons. The van der Waals surface area contributed by atoms with Gasteiger partial charge < -0.3 is 15.8 Å². The third-order valence-corrected chi connectivity index (χ3v) is 3.40. The number of carbonyl (C=O) groups is 1. The number of unbranched alkanes of at least 4 members (excludes halogenated alkanes) is 1. The van der Waals surface area contributed by atoms with Crippen LogP contribution in [-0.4, -0.2) is 17.5 Å². The normalized spacial score (nSPS) is 10.7. The Morgan fingerprint density at radius 3 is 2.96 bits per heavy atom. The third-order valence-electron chi connectivity index (χ3n) is 3.40. The zero-order valence-electron chi connectivity index (χ0n) is 13.9. The van der Waals surface area contributed by atoms with Crippen LogP contribution in [0.15, 0.2) is 54.7 Å². The standard InChI is InChI=1S/C19H23N3O2/c1-2-3-4-5-12-24-16-9-6-8-15(13-16)14-22-19(23)17-10-7-11-21-18(17)20/h4-11,13H,2-3,12,14H2,1H3,(H2,20,21)(H,22,23)/b5-4+. The first-order valence-electron chi connectivity index (χ1n) is 8.06. The van der Waals surface area contributed by atoms with E-state index in [2.05, 4.69) is 23.3 Å². The average Bonchev–Trinajstić information content (AvgIpc) is 2.60. The second-order valence-corrected chi connectivity index (χ2v) is 5.34. The summed E-state index contributed by atoms with van der Waals surface area (Å²) in [5, 5.41) is 2.84. The number of allylic oxidation sites excluding steroid dienone is 1. The van der Waals surface area contributed by atoms with Crippen molar-refractivity contribution in [3.05, 3.63) is 65.9 Å². The van der Waals surface area contributed by atoms with Crippen LogP contribution < -0.4 is 15.8 Å². The molecule has 0 spiro atoms. The van der Waals surface area contributed by atoms with E-state index in [9.17, 15) is 4.79 Å². The van der Waals surface area contributed by atoms with Crippen LogP contribution in [-0.2, 0) is 6.54 Å². The number of rotatable bonds is 8. The molecule has 0 radical (unpaired) electrons. The van der Waals surface area contributed by atoms with Crippen LogP contribution in [0.2, 0.25) is 0 Å². The molecule has 2 rings (SSSR count). The number of anilines is 1. The molecule has 0 aliphatic heterocycles. The lowest BCUT2D eigenvalue weighted by Crippen LogP contribution is -2.24. The molecule has 1 aromatic carbocycles. The number of ether oxygens (including phenoxy) is 1. The summed E-state index contributed by atoms with van der Waals surface area (Å²) in [5.74, 6) is 0.768. The van der Waals surface area contributed by atoms with Crippen LogP contribution in [0.3, 0.4) is 0 Å². The molecule has 0 saturated heterocycles. The van der Waals surface area contributed by atoms with Gasteiger partial charge in [-0.05, 0) is 36.2 Å². The van der Waals surface area contributed by atoms with Crippen molar-refractivity contribution in [2.75, 3.05) is 12.3 Å². The van der Waals surface area contributed by atoms with Gasteiger partial charge in [0.25, 0.3) is 5.91 Å². The van der Waals surface area contributed by atoms with Gasteiger partial charge in [0.1, 0.15) is 18.2 Å². The second kappa shape index (κ2) is 9.35. The highest BCUT2D eigenvalue weighted by atomic mass is 16.5. The number of hydrogen-bond acceptors (Lipinski definition) is 4. The summed E-state index contributed by atoms with van der Waals surface area (Å²) < 4.78 is 5.67. The fraction of sp³-hybridized carbons (Fsp3) is 0.263. The highest BCUT2D eigenvalue weighted by Gasteiger charge is 2.09. The molecule has 0 fully saturated rings. The Bertz CT molecular complexity index is 699. The SMILES string of the molecule is CCC/C=C/COc1cccc(CNC(=O)c2cccnc2N)c1. The molecular formula is C19H23N3O2. The van der Waals surface area contributed by atoms with Gasteiger partial charge >= 0.3 is 0 Å². The van der Waals surface area contributed by atoms with Crippen molar-refractivity contribution in [1.29, 1.82) is 0 Å². The van der Waals surface area contributed by atoms with Crippen LogP contribution in [0.25, 0.3) is 0 Å². The van der Waals surface area contributed by atoms with Crippen molar-refractivity contribution in [2.24, 2.45) is 0 Å². The average molecular weight is 325 g/mol. The zero-order valence-corrected chi connectivity index (χ0v) is 13.9. The minimum absolute atomic E-state index is 0.228. The number of pyridine rings is 1. The Kier molecular flexibility index (Phi) is 6.83. The van der Waals surface area contributed by atoms with Gasteiger partial charge in [-0.15, -0.1) is 0 Å². The molecule has 0 aliphatic rings. The van der Waals surface area contributed by atoms with Gasteiger partial charge in [-0.1, -0.05) is 37.6 Å². The summed E-state index contributed by atoms with van der Waals surface area (Å²) in [4.78, 5) is 16.0. The molecule has 2 aromatic rings. The van der Waals surface area contributed by atoms with Gasteiger partial charge in [0, 0.05) is 12.7 Å². The lowest BCUT2D eigenvalue weighted by molar-refractivity contribution is 0.0951. The Labute approximate surface area is 142 Å². The highest BCUT2D eigenvalue weighted by Crippen LogP contribution is 2.14. The Morgan fingerprint density at radius 1 is 1.29 bits per heavy atom. The summed E-state index contributed by atoms with van der Waals surface area (Å²) in [7, 11) is 0. The molecule has 1 aromatic heterocycles. The molecule has 24 heavy (non-hydrogen) atoms. The molecule has 0 bridgehead atoms. The zero-order chi connectivity index (χ0) is 17.2. The van der Waals surface area contributed by atoms with Crippen molar-refractivity contribution >= 4 is 11.7 Å². The fourth-order valence-electron chi connectivity index (χ4n) is 2.13. The van der Waals surface area contributed by atoms with Gasteiger partial charge in [-0.25, -0.2) is 4.98 Å². The quantitative estimate of drug-likeness (QED) is 0.730. The van der Waals surface area contributed by atoms with Gasteiger partial charge in [0.15, 0.2) is 0 Å². The number of aromatic nitrogens is 1. The summed E-state index contributed by atoms with van der Waals surface area (Å²) in [5.41, 5.74) is 7.05. The largest absolute Gasteiger partial charge is 0.490 e. The van der Waals surface area contributed by atoms with Gasteiger partial charge in [-0.2, -0.15) is 0 Å². The van der Waals surface area contributed by atoms with E-state index in [0.29, 0.717) is 18.7 Å². The smallest absolute Gasteiger partial charge is 0.255 e. The molecule has 5 nitrogen and oxygen atoms in total. The van der Waals surface area contributed by atoms with Crippen molar-refractivity contribution in [1.82, 2.24) is 10.3 Å². The number of nitrogen functional groups attached to an aromatic ring is 1. The minimum atomic E-state index is -0.241. The summed E-state index contributed by atoms with van der Waals surface area (Å²) in [6, 6.07) is 11.0. The molecule has 3 N–H and O–H groups in total. The first-order chi connectivity index (χ1) is 11.7. The summed E-state index contributed by atoms with van der Waals surface area (Å²) in [6.45, 7) is 3.08. The lowest BCUT2D eigenvalue weighted by atomic mass is 10.2. The molecular weight excluding hydrogens is 302 g/mol. The molecule has 1 amide bonds. The predicted molar refractivity (Wildman–Crippen MR) is 95.8 cm³/mol. The number of hydrogen-bond donors (Lipinski definition) is 2. The number of nitrogens with zero attached hydrogens (tertiary/aromatic N) is 1. The molecule has 0 atom stereocenters. The maximum Gasteiger partial charge on any atom is 0.255 e. The van der Waals surface area contributed by atoms with E-state index in [-0.39, 0.29) is 11.7 Å². The Balaban J connectivity index is 1.88. The van der Waals surface area contributed by atoms with E-state index < -0.39 is 0 Å². The molecule has 1 heterocycles. The number of benzene rings is 1. The number of nitrogens with two attached hydrogens (primary N) is 1. The summed E-state index contributed by atoms with van der Waals surface area (Å²) in [6.07, 6.45) is 7.88. The monoisotopic (exact) mass is 325 g/mol. The van der Waals surface area contributed by atoms with Crippen LogP contribution in [0.4, 0.5) is 5.82 Å². The van der Waals surface area contributed by atoms with Gasteiger partial charge in [0.05, 0.1) is 5.56 Å². The molecule has 0 aliphatic carbocycles. The van der Waals surface area contributed by atoms with Crippen molar-refractivity contribution in [2.45, 2.75) is 26.3 Å². The minimum Gasteiger partial charge on any atom is -0.490 e. The van der Waals surface area contributed by atoms with E-state index in [1.165, 1.54) is 0 Å². The van der Waals surface area contributed by atoms with E-state index in [1.54, 1.807) is 18.3 Å². The van der Waals surface area contributed by atoms with Crippen molar-refractivity contribution < 1.29 is 9.53 Å². The highest BCUT2D eigenvalue weighted by molar-refractivity contribution is 5.98. The van der Waals surface area contributed by atoms with Gasteiger partial charge in [-0.3, -0.25) is 4.79 Å². The maximum atomic E-state index is 12.1. The van der Waals surface area contributed by atoms with E-state index in [4.69, 9.17) is 10.5 Å². The number of carbonyl (C=O) groups excluding carboxylic acids is 1. The number of amides is 1. The second-order valence-electron chi connectivity index (χ2n) is 5.34. The van der Waals surface area contributed by atoms with Gasteiger partial charge in [0.2, 0.25) is 0 Å². The number of nitrogens with one attached hydrogen (secondary N) is 1. The van der Waals surface area contributed by atoms with Crippen molar-refractivity contribution in [3.63, 3.8) is 0 Å². The third kappa shape index (κ3) is 5.43. The lowest BCUT2D eigenvalue weighted by Gasteiger charge is -2.09. The fourth-order valence-corrected chi connectivity index (χ4v) is 2.13. The maximum absolute atomic E-state index is 12.1. The van der Waals surface area contributed by atoms with Crippen LogP contribution in [0, 0.1) is 0 Å². The molecule has 0 saturated carbocycles. The Hall–Kier alpha value is -2.82. The Morgan fingerprint density at radius 2 is 2.17 bits per heavy atom. The van der Waals surface area contributed by atoms with Crippen LogP contribution in [0.5, 0.6) is 5.75 Å². The molecule has 5 heteroatoms. The topological polar surface area (TPSA) is 77.2 Å². The molecule has 0 unspecified atom stereocenters. The van der Waals surface area contributed by atoms with Crippen LogP contribution >= 0.6 is 0 Å².